The zero-order chi connectivity index (χ0) is 7.72. The van der Waals surface area contributed by atoms with E-state index in [1.54, 1.807) is 12.1 Å². The van der Waals surface area contributed by atoms with Gasteiger partial charge < -0.3 is 17.2 Å². The number of hydrogen-bond acceptors (Lipinski definition) is 3. The van der Waals surface area contributed by atoms with Gasteiger partial charge in [-0.3, -0.25) is 0 Å². The van der Waals surface area contributed by atoms with Crippen molar-refractivity contribution in [3.8, 4) is 0 Å². The molecule has 3 heteroatoms. The molecule has 1 aromatic rings. The minimum Gasteiger partial charge on any atom is -0.398 e. The monoisotopic (exact) mass is 137 g/mol. The predicted octanol–water partition coefficient (Wildman–Crippen LogP) is 0.742. The van der Waals surface area contributed by atoms with Gasteiger partial charge in [0.1, 0.15) is 0 Å². The first-order valence-corrected chi connectivity index (χ1v) is 3.03. The summed E-state index contributed by atoms with van der Waals surface area (Å²) in [4.78, 5) is 0. The molecule has 0 aliphatic heterocycles. The van der Waals surface area contributed by atoms with Crippen molar-refractivity contribution in [2.24, 2.45) is 0 Å². The van der Waals surface area contributed by atoms with E-state index < -0.39 is 0 Å². The van der Waals surface area contributed by atoms with Crippen molar-refractivity contribution in [3.63, 3.8) is 0 Å². The Labute approximate surface area is 59.8 Å². The van der Waals surface area contributed by atoms with Crippen molar-refractivity contribution in [3.05, 3.63) is 17.7 Å². The maximum absolute atomic E-state index is 5.58. The smallest absolute Gasteiger partial charge is 0.0598 e. The average Bonchev–Trinajstić information content (AvgIpc) is 1.93. The van der Waals surface area contributed by atoms with Crippen LogP contribution in [0, 0.1) is 6.92 Å². The van der Waals surface area contributed by atoms with Gasteiger partial charge in [-0.05, 0) is 24.6 Å². The summed E-state index contributed by atoms with van der Waals surface area (Å²) in [5.41, 5.74) is 19.4. The Kier molecular flexibility index (Phi) is 1.41. The van der Waals surface area contributed by atoms with Gasteiger partial charge in [0.15, 0.2) is 0 Å². The van der Waals surface area contributed by atoms with Crippen LogP contribution in [0.15, 0.2) is 12.1 Å². The summed E-state index contributed by atoms with van der Waals surface area (Å²) in [6, 6.07) is 3.46. The molecule has 0 aliphatic rings. The van der Waals surface area contributed by atoms with Crippen LogP contribution in [0.4, 0.5) is 17.1 Å². The Hall–Kier alpha value is -1.38. The highest BCUT2D eigenvalue weighted by Crippen LogP contribution is 2.23. The lowest BCUT2D eigenvalue weighted by Gasteiger charge is -2.05. The van der Waals surface area contributed by atoms with Gasteiger partial charge in [0.05, 0.1) is 11.4 Å². The van der Waals surface area contributed by atoms with Gasteiger partial charge in [-0.1, -0.05) is 0 Å². The molecular formula is C7H11N3. The van der Waals surface area contributed by atoms with Gasteiger partial charge in [-0.15, -0.1) is 0 Å². The fraction of sp³-hybridized carbons (Fsp3) is 0.143. The zero-order valence-electron chi connectivity index (χ0n) is 5.89. The van der Waals surface area contributed by atoms with Crippen LogP contribution in [0.1, 0.15) is 5.56 Å². The third-order valence-corrected chi connectivity index (χ3v) is 1.59. The van der Waals surface area contributed by atoms with Crippen LogP contribution >= 0.6 is 0 Å². The molecule has 10 heavy (non-hydrogen) atoms. The minimum absolute atomic E-state index is 0.583. The largest absolute Gasteiger partial charge is 0.398 e. The molecule has 1 rings (SSSR count). The molecule has 0 saturated carbocycles. The lowest BCUT2D eigenvalue weighted by atomic mass is 10.1. The maximum atomic E-state index is 5.58. The van der Waals surface area contributed by atoms with Crippen LogP contribution in [0.5, 0.6) is 0 Å². The van der Waals surface area contributed by atoms with E-state index in [2.05, 4.69) is 0 Å². The van der Waals surface area contributed by atoms with E-state index in [-0.39, 0.29) is 0 Å². The Morgan fingerprint density at radius 2 is 1.50 bits per heavy atom. The molecule has 0 bridgehead atoms. The second-order valence-electron chi connectivity index (χ2n) is 2.28. The molecule has 0 amide bonds. The van der Waals surface area contributed by atoms with Gasteiger partial charge in [0, 0.05) is 5.69 Å². The van der Waals surface area contributed by atoms with Crippen LogP contribution in [0.2, 0.25) is 0 Å². The molecule has 0 unspecified atom stereocenters. The maximum Gasteiger partial charge on any atom is 0.0598 e. The van der Waals surface area contributed by atoms with Gasteiger partial charge in [-0.25, -0.2) is 0 Å². The molecular weight excluding hydrogens is 126 g/mol. The summed E-state index contributed by atoms with van der Waals surface area (Å²) in [6.45, 7) is 1.85. The molecule has 0 fully saturated rings. The third kappa shape index (κ3) is 0.857. The minimum atomic E-state index is 0.583. The van der Waals surface area contributed by atoms with Crippen LogP contribution in [-0.4, -0.2) is 0 Å². The van der Waals surface area contributed by atoms with Crippen molar-refractivity contribution in [2.45, 2.75) is 6.92 Å². The lowest BCUT2D eigenvalue weighted by molar-refractivity contribution is 1.47. The molecule has 3 nitrogen and oxygen atoms in total. The summed E-state index contributed by atoms with van der Waals surface area (Å²) in [5.74, 6) is 0. The average molecular weight is 137 g/mol. The second-order valence-corrected chi connectivity index (χ2v) is 2.28. The number of nitrogen functional groups attached to an aromatic ring is 3. The molecule has 0 heterocycles. The van der Waals surface area contributed by atoms with E-state index in [9.17, 15) is 0 Å². The molecule has 0 aromatic heterocycles. The molecule has 0 saturated heterocycles. The van der Waals surface area contributed by atoms with E-state index >= 15 is 0 Å². The fourth-order valence-corrected chi connectivity index (χ4v) is 0.766. The Balaban J connectivity index is 3.34. The van der Waals surface area contributed by atoms with Crippen LogP contribution in [-0.2, 0) is 0 Å². The number of rotatable bonds is 0. The Bertz CT molecular complexity index is 228. The van der Waals surface area contributed by atoms with Crippen LogP contribution in [0.3, 0.4) is 0 Å². The van der Waals surface area contributed by atoms with Crippen LogP contribution < -0.4 is 17.2 Å². The molecule has 54 valence electrons. The molecule has 0 radical (unpaired) electrons. The van der Waals surface area contributed by atoms with Crippen molar-refractivity contribution in [1.82, 2.24) is 0 Å². The number of anilines is 3. The van der Waals surface area contributed by atoms with E-state index in [1.807, 2.05) is 6.92 Å². The highest BCUT2D eigenvalue weighted by Gasteiger charge is 1.99. The normalized spacial score (nSPS) is 9.70. The number of benzene rings is 1. The lowest BCUT2D eigenvalue weighted by Crippen LogP contribution is -2.00. The molecule has 6 N–H and O–H groups in total. The third-order valence-electron chi connectivity index (χ3n) is 1.59. The summed E-state index contributed by atoms with van der Waals surface area (Å²) in [5, 5.41) is 0. The quantitative estimate of drug-likeness (QED) is 0.461. The first-order valence-electron chi connectivity index (χ1n) is 3.03. The first kappa shape index (κ1) is 6.74. The summed E-state index contributed by atoms with van der Waals surface area (Å²) in [7, 11) is 0. The summed E-state index contributed by atoms with van der Waals surface area (Å²) >= 11 is 0. The topological polar surface area (TPSA) is 78.1 Å². The first-order chi connectivity index (χ1) is 4.63. The predicted molar refractivity (Wildman–Crippen MR) is 44.4 cm³/mol. The van der Waals surface area contributed by atoms with Crippen molar-refractivity contribution >= 4 is 17.1 Å². The molecule has 1 aromatic carbocycles. The highest BCUT2D eigenvalue weighted by molar-refractivity contribution is 5.73. The van der Waals surface area contributed by atoms with Gasteiger partial charge in [-0.2, -0.15) is 0 Å². The second kappa shape index (κ2) is 2.10. The Morgan fingerprint density at radius 3 is 2.00 bits per heavy atom. The summed E-state index contributed by atoms with van der Waals surface area (Å²) in [6.07, 6.45) is 0. The molecule has 0 aliphatic carbocycles. The van der Waals surface area contributed by atoms with Crippen LogP contribution in [0.25, 0.3) is 0 Å². The number of hydrogen-bond donors (Lipinski definition) is 3. The fourth-order valence-electron chi connectivity index (χ4n) is 0.766. The summed E-state index contributed by atoms with van der Waals surface area (Å²) < 4.78 is 0. The van der Waals surface area contributed by atoms with E-state index in [0.717, 1.165) is 5.56 Å². The standard InChI is InChI=1S/C7H11N3/c1-4-5(8)2-3-6(9)7(4)10/h2-3H,8-10H2,1H3. The van der Waals surface area contributed by atoms with Crippen molar-refractivity contribution < 1.29 is 0 Å². The van der Waals surface area contributed by atoms with Gasteiger partial charge in [0.2, 0.25) is 0 Å². The van der Waals surface area contributed by atoms with E-state index in [4.69, 9.17) is 17.2 Å². The molecule has 0 atom stereocenters. The SMILES string of the molecule is Cc1c(N)ccc(N)c1N. The Morgan fingerprint density at radius 1 is 1.00 bits per heavy atom. The van der Waals surface area contributed by atoms with Crippen molar-refractivity contribution in [2.75, 3.05) is 17.2 Å². The van der Waals surface area contributed by atoms with E-state index in [0.29, 0.717) is 17.1 Å². The highest BCUT2D eigenvalue weighted by atomic mass is 14.7. The van der Waals surface area contributed by atoms with Crippen molar-refractivity contribution in [1.29, 1.82) is 0 Å². The zero-order valence-corrected chi connectivity index (χ0v) is 5.89. The van der Waals surface area contributed by atoms with Gasteiger partial charge in [0.25, 0.3) is 0 Å². The van der Waals surface area contributed by atoms with E-state index in [1.165, 1.54) is 0 Å². The number of nitrogens with two attached hydrogens (primary N) is 3. The molecule has 0 spiro atoms. The van der Waals surface area contributed by atoms with Gasteiger partial charge >= 0.3 is 0 Å².